The Morgan fingerprint density at radius 2 is 1.77 bits per heavy atom. The number of aliphatic hydroxyl groups is 1. The van der Waals surface area contributed by atoms with Crippen LogP contribution in [0.5, 0.6) is 5.75 Å². The van der Waals surface area contributed by atoms with Gasteiger partial charge in [-0.3, -0.25) is 14.2 Å². The lowest BCUT2D eigenvalue weighted by atomic mass is 9.96. The van der Waals surface area contributed by atoms with Gasteiger partial charge in [-0.15, -0.1) is 0 Å². The number of benzene rings is 2. The van der Waals surface area contributed by atoms with Gasteiger partial charge in [0.1, 0.15) is 0 Å². The van der Waals surface area contributed by atoms with Gasteiger partial charge in [0.2, 0.25) is 5.91 Å². The number of aromatic nitrogens is 1. The van der Waals surface area contributed by atoms with Crippen LogP contribution in [0.1, 0.15) is 34.5 Å². The number of hydrogen-bond donors (Lipinski definition) is 3. The van der Waals surface area contributed by atoms with Crippen molar-refractivity contribution in [2.75, 3.05) is 13.2 Å². The van der Waals surface area contributed by atoms with Crippen LogP contribution < -0.4 is 5.32 Å². The predicted octanol–water partition coefficient (Wildman–Crippen LogP) is 3.11. The molecule has 3 aromatic rings. The van der Waals surface area contributed by atoms with Gasteiger partial charge in [-0.25, -0.2) is 17.6 Å². The number of phenols is 1. The molecule has 0 saturated heterocycles. The zero-order valence-corrected chi connectivity index (χ0v) is 16.5. The molecule has 0 fully saturated rings. The number of carbonyl (C=O) groups excluding carboxylic acids is 2. The monoisotopic (exact) mass is 438 g/mol. The number of nitrogens with one attached hydrogen (secondary N) is 1. The Morgan fingerprint density at radius 1 is 1.10 bits per heavy atom. The summed E-state index contributed by atoms with van der Waals surface area (Å²) in [4.78, 5) is 25.5. The van der Waals surface area contributed by atoms with Crippen LogP contribution in [0, 0.1) is 30.2 Å². The zero-order valence-electron chi connectivity index (χ0n) is 16.5. The van der Waals surface area contributed by atoms with Crippen molar-refractivity contribution in [2.24, 2.45) is 0 Å². The lowest BCUT2D eigenvalue weighted by molar-refractivity contribution is -0.122. The average molecular weight is 438 g/mol. The summed E-state index contributed by atoms with van der Waals surface area (Å²) in [6, 6.07) is 3.12. The van der Waals surface area contributed by atoms with Gasteiger partial charge in [-0.2, -0.15) is 0 Å². The molecule has 0 bridgehead atoms. The standard InChI is InChI=1S/C21H18F4N2O4/c1-9(20(30)26-5-6-28)16-10(2)27(15-8-14(24)19(29)18(25)17(15)16)21(31)11-3-4-12(22)13(23)7-11/h3-4,7-9,28-29H,5-6H2,1-2H3,(H,26,30). The number of fused-ring (bicyclic) bond motifs is 1. The second kappa shape index (κ2) is 8.38. The molecule has 2 aromatic carbocycles. The molecule has 1 heterocycles. The first kappa shape index (κ1) is 22.3. The van der Waals surface area contributed by atoms with Crippen LogP contribution in [0.3, 0.4) is 0 Å². The lowest BCUT2D eigenvalue weighted by Gasteiger charge is -2.13. The van der Waals surface area contributed by atoms with Gasteiger partial charge in [0.05, 0.1) is 18.0 Å². The van der Waals surface area contributed by atoms with Gasteiger partial charge < -0.3 is 15.5 Å². The first-order valence-corrected chi connectivity index (χ1v) is 9.20. The number of nitrogens with zero attached hydrogens (tertiary/aromatic N) is 1. The fourth-order valence-electron chi connectivity index (χ4n) is 3.52. The molecule has 6 nitrogen and oxygen atoms in total. The average Bonchev–Trinajstić information content (AvgIpc) is 3.02. The number of phenolic OH excluding ortho intramolecular Hbond substituents is 1. The Balaban J connectivity index is 2.29. The van der Waals surface area contributed by atoms with E-state index in [0.29, 0.717) is 6.07 Å². The number of aromatic hydroxyl groups is 1. The third-order valence-electron chi connectivity index (χ3n) is 5.02. The van der Waals surface area contributed by atoms with Crippen molar-refractivity contribution in [3.05, 3.63) is 64.4 Å². The van der Waals surface area contributed by atoms with Crippen LogP contribution in [-0.4, -0.2) is 39.7 Å². The zero-order chi connectivity index (χ0) is 23.0. The third-order valence-corrected chi connectivity index (χ3v) is 5.02. The van der Waals surface area contributed by atoms with Gasteiger partial charge >= 0.3 is 0 Å². The molecule has 3 N–H and O–H groups in total. The van der Waals surface area contributed by atoms with Crippen LogP contribution >= 0.6 is 0 Å². The molecule has 10 heteroatoms. The van der Waals surface area contributed by atoms with Crippen molar-refractivity contribution in [1.82, 2.24) is 9.88 Å². The Bertz CT molecular complexity index is 1210. The molecule has 164 valence electrons. The van der Waals surface area contributed by atoms with Gasteiger partial charge in [0, 0.05) is 29.3 Å². The minimum absolute atomic E-state index is 0.00539. The van der Waals surface area contributed by atoms with Crippen LogP contribution in [0.15, 0.2) is 24.3 Å². The molecule has 1 unspecified atom stereocenters. The highest BCUT2D eigenvalue weighted by molar-refractivity contribution is 6.05. The third kappa shape index (κ3) is 3.74. The number of hydrogen-bond acceptors (Lipinski definition) is 4. The molecule has 0 saturated carbocycles. The summed E-state index contributed by atoms with van der Waals surface area (Å²) in [6.07, 6.45) is 0. The predicted molar refractivity (Wildman–Crippen MR) is 103 cm³/mol. The summed E-state index contributed by atoms with van der Waals surface area (Å²) in [5, 5.41) is 20.7. The van der Waals surface area contributed by atoms with Crippen molar-refractivity contribution in [2.45, 2.75) is 19.8 Å². The highest BCUT2D eigenvalue weighted by Gasteiger charge is 2.30. The van der Waals surface area contributed by atoms with E-state index in [9.17, 15) is 32.3 Å². The van der Waals surface area contributed by atoms with E-state index in [1.807, 2.05) is 0 Å². The molecule has 31 heavy (non-hydrogen) atoms. The van der Waals surface area contributed by atoms with Crippen molar-refractivity contribution >= 4 is 22.7 Å². The molecule has 0 spiro atoms. The first-order valence-electron chi connectivity index (χ1n) is 9.20. The van der Waals surface area contributed by atoms with E-state index in [4.69, 9.17) is 5.11 Å². The summed E-state index contributed by atoms with van der Waals surface area (Å²) in [5.41, 5.74) is -0.553. The van der Waals surface area contributed by atoms with E-state index in [1.54, 1.807) is 0 Å². The fraction of sp³-hybridized carbons (Fsp3) is 0.238. The van der Waals surface area contributed by atoms with Gasteiger partial charge in [-0.05, 0) is 37.6 Å². The molecule has 0 aliphatic heterocycles. The highest BCUT2D eigenvalue weighted by Crippen LogP contribution is 2.38. The minimum Gasteiger partial charge on any atom is -0.503 e. The van der Waals surface area contributed by atoms with Crippen molar-refractivity contribution in [3.8, 4) is 5.75 Å². The topological polar surface area (TPSA) is 91.6 Å². The van der Waals surface area contributed by atoms with Gasteiger partial charge in [0.25, 0.3) is 5.91 Å². The van der Waals surface area contributed by atoms with Crippen LogP contribution in [0.2, 0.25) is 0 Å². The second-order valence-electron chi connectivity index (χ2n) is 6.92. The molecule has 1 aromatic heterocycles. The molecule has 0 aliphatic rings. The molecule has 1 atom stereocenters. The summed E-state index contributed by atoms with van der Waals surface area (Å²) in [5.74, 6) is -9.05. The highest BCUT2D eigenvalue weighted by atomic mass is 19.2. The van der Waals surface area contributed by atoms with Crippen LogP contribution in [-0.2, 0) is 4.79 Å². The van der Waals surface area contributed by atoms with Crippen molar-refractivity contribution < 1.29 is 37.4 Å². The molecule has 0 radical (unpaired) electrons. The summed E-state index contributed by atoms with van der Waals surface area (Å²) >= 11 is 0. The van der Waals surface area contributed by atoms with Gasteiger partial charge in [0.15, 0.2) is 29.0 Å². The number of halogens is 4. The maximum Gasteiger partial charge on any atom is 0.262 e. The number of aliphatic hydroxyl groups excluding tert-OH is 1. The SMILES string of the molecule is Cc1c(C(C)C(=O)NCCO)c2c(F)c(O)c(F)cc2n1C(=O)c1ccc(F)c(F)c1. The Morgan fingerprint density at radius 3 is 2.39 bits per heavy atom. The van der Waals surface area contributed by atoms with E-state index in [-0.39, 0.29) is 40.9 Å². The van der Waals surface area contributed by atoms with E-state index < -0.39 is 46.8 Å². The van der Waals surface area contributed by atoms with Gasteiger partial charge in [-0.1, -0.05) is 0 Å². The number of carbonyl (C=O) groups is 2. The quantitative estimate of drug-likeness (QED) is 0.534. The molecule has 0 aliphatic carbocycles. The number of amides is 1. The van der Waals surface area contributed by atoms with Crippen molar-refractivity contribution in [3.63, 3.8) is 0 Å². The largest absolute Gasteiger partial charge is 0.503 e. The van der Waals surface area contributed by atoms with Crippen LogP contribution in [0.25, 0.3) is 10.9 Å². The molecule has 3 rings (SSSR count). The second-order valence-corrected chi connectivity index (χ2v) is 6.92. The number of rotatable bonds is 5. The van der Waals surface area contributed by atoms with Crippen LogP contribution in [0.4, 0.5) is 17.6 Å². The minimum atomic E-state index is -1.37. The van der Waals surface area contributed by atoms with E-state index in [0.717, 1.165) is 22.8 Å². The fourth-order valence-corrected chi connectivity index (χ4v) is 3.52. The van der Waals surface area contributed by atoms with E-state index in [1.165, 1.54) is 13.8 Å². The maximum atomic E-state index is 14.9. The summed E-state index contributed by atoms with van der Waals surface area (Å²) < 4.78 is 56.8. The Hall–Kier alpha value is -3.40. The molecular weight excluding hydrogens is 420 g/mol. The molecule has 1 amide bonds. The van der Waals surface area contributed by atoms with E-state index >= 15 is 0 Å². The first-order chi connectivity index (χ1) is 14.6. The van der Waals surface area contributed by atoms with Crippen molar-refractivity contribution in [1.29, 1.82) is 0 Å². The molecular formula is C21H18F4N2O4. The normalized spacial score (nSPS) is 12.2. The summed E-state index contributed by atoms with van der Waals surface area (Å²) in [7, 11) is 0. The Labute approximate surface area is 173 Å². The Kier molecular flexibility index (Phi) is 6.03. The van der Waals surface area contributed by atoms with E-state index in [2.05, 4.69) is 5.32 Å². The lowest BCUT2D eigenvalue weighted by Crippen LogP contribution is -2.30. The maximum absolute atomic E-state index is 14.9. The summed E-state index contributed by atoms with van der Waals surface area (Å²) in [6.45, 7) is 2.36. The smallest absolute Gasteiger partial charge is 0.262 e.